The van der Waals surface area contributed by atoms with Gasteiger partial charge >= 0.3 is 7.12 Å². The molecule has 170 valence electrons. The van der Waals surface area contributed by atoms with Crippen LogP contribution in [0.25, 0.3) is 0 Å². The first-order valence-corrected chi connectivity index (χ1v) is 12.2. The van der Waals surface area contributed by atoms with Crippen molar-refractivity contribution in [3.63, 3.8) is 0 Å². The topological polar surface area (TPSA) is 47.6 Å². The Hall–Kier alpha value is -1.17. The van der Waals surface area contributed by atoms with Crippen molar-refractivity contribution < 1.29 is 14.1 Å². The van der Waals surface area contributed by atoms with Crippen LogP contribution in [0, 0.1) is 23.2 Å². The highest BCUT2D eigenvalue weighted by Crippen LogP contribution is 2.66. The van der Waals surface area contributed by atoms with Gasteiger partial charge < -0.3 is 14.6 Å². The van der Waals surface area contributed by atoms with Gasteiger partial charge in [0.15, 0.2) is 0 Å². The van der Waals surface area contributed by atoms with Crippen LogP contribution < -0.4 is 5.32 Å². The number of nitrogens with one attached hydrogen (secondary N) is 1. The van der Waals surface area contributed by atoms with Crippen molar-refractivity contribution >= 4 is 12.9 Å². The first kappa shape index (κ1) is 23.0. The minimum atomic E-state index is -0.272. The highest BCUT2D eigenvalue weighted by molar-refractivity contribution is 6.47. The van der Waals surface area contributed by atoms with Gasteiger partial charge in [-0.3, -0.25) is 4.79 Å². The molecule has 1 aliphatic heterocycles. The van der Waals surface area contributed by atoms with Crippen LogP contribution in [0.1, 0.15) is 65.9 Å². The van der Waals surface area contributed by atoms with Crippen LogP contribution in [0.2, 0.25) is 5.82 Å². The molecular weight excluding hydrogens is 385 g/mol. The molecule has 2 bridgehead atoms. The number of rotatable bonds is 9. The SMILES string of the molecule is CN[C@@H](Cc1ccccc1)C(=O)C[C@@H](CC(C)C)B1O[C@@H]2C[C@@H]3C[C@@H](C3(C)C)[C@]2(C)O1. The normalized spacial score (nSPS) is 33.0. The zero-order valence-corrected chi connectivity index (χ0v) is 20.2. The van der Waals surface area contributed by atoms with E-state index in [9.17, 15) is 4.79 Å². The van der Waals surface area contributed by atoms with Crippen molar-refractivity contribution in [3.05, 3.63) is 35.9 Å². The van der Waals surface area contributed by atoms with Gasteiger partial charge in [-0.25, -0.2) is 0 Å². The lowest BCUT2D eigenvalue weighted by atomic mass is 9.43. The molecule has 3 saturated carbocycles. The van der Waals surface area contributed by atoms with E-state index in [2.05, 4.69) is 52.1 Å². The Bertz CT molecular complexity index is 782. The second kappa shape index (κ2) is 8.65. The van der Waals surface area contributed by atoms with Crippen LogP contribution in [0.5, 0.6) is 0 Å². The van der Waals surface area contributed by atoms with E-state index in [4.69, 9.17) is 9.31 Å². The van der Waals surface area contributed by atoms with Gasteiger partial charge in [0.1, 0.15) is 5.78 Å². The molecule has 31 heavy (non-hydrogen) atoms. The van der Waals surface area contributed by atoms with Gasteiger partial charge in [0, 0.05) is 12.2 Å². The van der Waals surface area contributed by atoms with Crippen LogP contribution in [-0.4, -0.2) is 37.7 Å². The number of carbonyl (C=O) groups is 1. The number of Topliss-reactive ketones (excluding diaryl/α,β-unsaturated/α-hetero) is 1. The average molecular weight is 425 g/mol. The molecule has 1 heterocycles. The molecule has 6 atom stereocenters. The third kappa shape index (κ3) is 4.26. The summed E-state index contributed by atoms with van der Waals surface area (Å²) >= 11 is 0. The molecule has 5 heteroatoms. The van der Waals surface area contributed by atoms with Crippen LogP contribution in [0.15, 0.2) is 30.3 Å². The standard InChI is InChI=1S/C26H40BNO3/c1-17(2)12-20(16-22(29)21(28-6)13-18-10-8-7-9-11-18)27-30-24-15-19-14-23(25(19,3)4)26(24,5)31-27/h7-11,17,19-21,23-24,28H,12-16H2,1-6H3/t19-,20+,21-,23-,24+,26-/m0/s1. The smallest absolute Gasteiger partial charge is 0.405 e. The Morgan fingerprint density at radius 3 is 2.52 bits per heavy atom. The Labute approximate surface area is 189 Å². The third-order valence-electron chi connectivity index (χ3n) is 8.61. The zero-order chi connectivity index (χ0) is 22.4. The number of hydrogen-bond donors (Lipinski definition) is 1. The first-order valence-electron chi connectivity index (χ1n) is 12.2. The van der Waals surface area contributed by atoms with E-state index >= 15 is 0 Å². The molecule has 3 aliphatic carbocycles. The summed E-state index contributed by atoms with van der Waals surface area (Å²) in [6.45, 7) is 11.5. The number of carbonyl (C=O) groups excluding carboxylic acids is 1. The second-order valence-electron chi connectivity index (χ2n) is 11.4. The number of benzene rings is 1. The Morgan fingerprint density at radius 1 is 1.19 bits per heavy atom. The molecule has 1 N–H and O–H groups in total. The van der Waals surface area contributed by atoms with E-state index in [-0.39, 0.29) is 36.5 Å². The summed E-state index contributed by atoms with van der Waals surface area (Å²) in [5.41, 5.74) is 1.30. The lowest BCUT2D eigenvalue weighted by molar-refractivity contribution is -0.199. The number of ketones is 1. The van der Waals surface area contributed by atoms with Gasteiger partial charge in [-0.2, -0.15) is 0 Å². The molecule has 1 aromatic carbocycles. The molecule has 1 aromatic rings. The lowest BCUT2D eigenvalue weighted by Gasteiger charge is -2.64. The molecule has 4 aliphatic rings. The monoisotopic (exact) mass is 425 g/mol. The quantitative estimate of drug-likeness (QED) is 0.571. The van der Waals surface area contributed by atoms with E-state index in [1.54, 1.807) is 0 Å². The Morgan fingerprint density at radius 2 is 1.90 bits per heavy atom. The van der Waals surface area contributed by atoms with Gasteiger partial charge in [0.25, 0.3) is 0 Å². The molecule has 1 saturated heterocycles. The number of likely N-dealkylation sites (N-methyl/N-ethyl adjacent to an activating group) is 1. The predicted octanol–water partition coefficient (Wildman–Crippen LogP) is 4.92. The molecular formula is C26H40BNO3. The lowest BCUT2D eigenvalue weighted by Crippen LogP contribution is -2.65. The van der Waals surface area contributed by atoms with Crippen molar-refractivity contribution in [2.75, 3.05) is 7.05 Å². The highest BCUT2D eigenvalue weighted by atomic mass is 16.7. The van der Waals surface area contributed by atoms with Crippen LogP contribution in [-0.2, 0) is 20.5 Å². The van der Waals surface area contributed by atoms with Gasteiger partial charge in [0.2, 0.25) is 0 Å². The maximum absolute atomic E-state index is 13.3. The Balaban J connectivity index is 1.46. The maximum Gasteiger partial charge on any atom is 0.461 e. The largest absolute Gasteiger partial charge is 0.461 e. The summed E-state index contributed by atoms with van der Waals surface area (Å²) in [5.74, 6) is 2.14. The predicted molar refractivity (Wildman–Crippen MR) is 126 cm³/mol. The molecule has 0 aromatic heterocycles. The molecule has 5 rings (SSSR count). The van der Waals surface area contributed by atoms with E-state index in [1.165, 1.54) is 12.0 Å². The van der Waals surface area contributed by atoms with E-state index in [0.29, 0.717) is 23.7 Å². The van der Waals surface area contributed by atoms with Crippen molar-refractivity contribution in [3.8, 4) is 0 Å². The van der Waals surface area contributed by atoms with Crippen LogP contribution in [0.4, 0.5) is 0 Å². The summed E-state index contributed by atoms with van der Waals surface area (Å²) in [6.07, 6.45) is 4.67. The molecule has 0 spiro atoms. The second-order valence-corrected chi connectivity index (χ2v) is 11.4. The molecule has 0 amide bonds. The fourth-order valence-electron chi connectivity index (χ4n) is 6.62. The van der Waals surface area contributed by atoms with E-state index in [0.717, 1.165) is 25.2 Å². The minimum Gasteiger partial charge on any atom is -0.405 e. The fourth-order valence-corrected chi connectivity index (χ4v) is 6.62. The van der Waals surface area contributed by atoms with Crippen LogP contribution in [0.3, 0.4) is 0 Å². The maximum atomic E-state index is 13.3. The molecule has 4 nitrogen and oxygen atoms in total. The Kier molecular flexibility index (Phi) is 6.42. The highest BCUT2D eigenvalue weighted by Gasteiger charge is 2.68. The first-order chi connectivity index (χ1) is 14.6. The minimum absolute atomic E-state index is 0.0989. The zero-order valence-electron chi connectivity index (χ0n) is 20.2. The summed E-state index contributed by atoms with van der Waals surface area (Å²) < 4.78 is 13.3. The van der Waals surface area contributed by atoms with Gasteiger partial charge in [0.05, 0.1) is 17.7 Å². The van der Waals surface area contributed by atoms with Gasteiger partial charge in [-0.15, -0.1) is 0 Å². The summed E-state index contributed by atoms with van der Waals surface area (Å²) in [4.78, 5) is 13.3. The van der Waals surface area contributed by atoms with E-state index in [1.807, 2.05) is 25.2 Å². The van der Waals surface area contributed by atoms with Gasteiger partial charge in [-0.1, -0.05) is 58.0 Å². The molecule has 4 fully saturated rings. The van der Waals surface area contributed by atoms with E-state index < -0.39 is 0 Å². The molecule has 0 radical (unpaired) electrons. The summed E-state index contributed by atoms with van der Waals surface area (Å²) in [5, 5.41) is 3.25. The van der Waals surface area contributed by atoms with Crippen molar-refractivity contribution in [2.45, 2.75) is 90.3 Å². The average Bonchev–Trinajstić information content (AvgIpc) is 3.08. The fraction of sp³-hybridized carbons (Fsp3) is 0.731. The van der Waals surface area contributed by atoms with Crippen molar-refractivity contribution in [1.29, 1.82) is 0 Å². The van der Waals surface area contributed by atoms with Gasteiger partial charge in [-0.05, 0) is 68.4 Å². The summed E-state index contributed by atoms with van der Waals surface area (Å²) in [7, 11) is 1.61. The molecule has 0 unspecified atom stereocenters. The number of hydrogen-bond acceptors (Lipinski definition) is 4. The third-order valence-corrected chi connectivity index (χ3v) is 8.61. The summed E-state index contributed by atoms with van der Waals surface area (Å²) in [6, 6.07) is 10.1. The van der Waals surface area contributed by atoms with Crippen molar-refractivity contribution in [2.24, 2.45) is 23.2 Å². The van der Waals surface area contributed by atoms with Crippen LogP contribution >= 0.6 is 0 Å². The van der Waals surface area contributed by atoms with Crippen molar-refractivity contribution in [1.82, 2.24) is 5.32 Å².